The third-order valence-corrected chi connectivity index (χ3v) is 8.85. The standard InChI is InChI=1S/C32H45N3O3S/c1-32(2,3)38-31(37)33-28(24-39-23-25-13-7-4-8-14-25)30(36)35-21-19-34(20-22-35)29(26-15-9-5-10-16-26)27-17-11-6-12-18-27/h5-6,9-12,15-18,25,28-29H,4,7-8,13-14,19-24H2,1-3H3,(H,33,37). The minimum Gasteiger partial charge on any atom is -0.444 e. The molecule has 2 aromatic carbocycles. The van der Waals surface area contributed by atoms with E-state index in [1.165, 1.54) is 43.2 Å². The molecule has 212 valence electrons. The molecule has 2 aromatic rings. The van der Waals surface area contributed by atoms with Gasteiger partial charge in [-0.1, -0.05) is 79.9 Å². The summed E-state index contributed by atoms with van der Waals surface area (Å²) in [5, 5.41) is 2.91. The lowest BCUT2D eigenvalue weighted by atomic mass is 9.91. The van der Waals surface area contributed by atoms with Crippen LogP contribution in [0.3, 0.4) is 0 Å². The van der Waals surface area contributed by atoms with Crippen LogP contribution in [0, 0.1) is 5.92 Å². The molecule has 1 N–H and O–H groups in total. The number of amides is 2. The van der Waals surface area contributed by atoms with Crippen LogP contribution in [0.5, 0.6) is 0 Å². The van der Waals surface area contributed by atoms with Crippen molar-refractivity contribution in [3.63, 3.8) is 0 Å². The van der Waals surface area contributed by atoms with Gasteiger partial charge in [0.05, 0.1) is 6.04 Å². The number of hydrogen-bond donors (Lipinski definition) is 1. The zero-order valence-electron chi connectivity index (χ0n) is 23.8. The topological polar surface area (TPSA) is 61.9 Å². The van der Waals surface area contributed by atoms with Crippen LogP contribution in [0.25, 0.3) is 0 Å². The molecule has 4 rings (SSSR count). The van der Waals surface area contributed by atoms with E-state index < -0.39 is 17.7 Å². The lowest BCUT2D eigenvalue weighted by Crippen LogP contribution is -2.56. The van der Waals surface area contributed by atoms with Crippen molar-refractivity contribution in [1.29, 1.82) is 0 Å². The van der Waals surface area contributed by atoms with Crippen molar-refractivity contribution in [2.45, 2.75) is 70.6 Å². The quantitative estimate of drug-likeness (QED) is 0.406. The van der Waals surface area contributed by atoms with Crippen LogP contribution >= 0.6 is 11.8 Å². The van der Waals surface area contributed by atoms with E-state index in [0.717, 1.165) is 24.8 Å². The lowest BCUT2D eigenvalue weighted by molar-refractivity contribution is -0.134. The van der Waals surface area contributed by atoms with Crippen molar-refractivity contribution in [2.24, 2.45) is 5.92 Å². The summed E-state index contributed by atoms with van der Waals surface area (Å²) in [6.07, 6.45) is 5.98. The number of carbonyl (C=O) groups is 2. The first-order valence-corrected chi connectivity index (χ1v) is 15.7. The molecule has 0 spiro atoms. The van der Waals surface area contributed by atoms with Crippen molar-refractivity contribution in [3.8, 4) is 0 Å². The van der Waals surface area contributed by atoms with Crippen molar-refractivity contribution in [3.05, 3.63) is 71.8 Å². The largest absolute Gasteiger partial charge is 0.444 e. The molecule has 0 aromatic heterocycles. The summed E-state index contributed by atoms with van der Waals surface area (Å²) in [7, 11) is 0. The van der Waals surface area contributed by atoms with Gasteiger partial charge in [0.2, 0.25) is 5.91 Å². The van der Waals surface area contributed by atoms with E-state index in [-0.39, 0.29) is 11.9 Å². The van der Waals surface area contributed by atoms with Gasteiger partial charge in [-0.3, -0.25) is 9.69 Å². The fourth-order valence-corrected chi connectivity index (χ4v) is 6.90. The van der Waals surface area contributed by atoms with Gasteiger partial charge in [-0.2, -0.15) is 11.8 Å². The van der Waals surface area contributed by atoms with Crippen LogP contribution in [0.15, 0.2) is 60.7 Å². The molecule has 1 saturated carbocycles. The molecule has 39 heavy (non-hydrogen) atoms. The Hall–Kier alpha value is -2.51. The van der Waals surface area contributed by atoms with E-state index in [2.05, 4.69) is 58.7 Å². The molecular formula is C32H45N3O3S. The Kier molecular flexibility index (Phi) is 10.7. The molecule has 6 nitrogen and oxygen atoms in total. The van der Waals surface area contributed by atoms with Crippen LogP contribution in [-0.2, 0) is 9.53 Å². The number of nitrogens with zero attached hydrogens (tertiary/aromatic N) is 2. The molecule has 2 fully saturated rings. The normalized spacial score (nSPS) is 18.1. The van der Waals surface area contributed by atoms with Gasteiger partial charge in [0.1, 0.15) is 11.6 Å². The highest BCUT2D eigenvalue weighted by Gasteiger charge is 2.33. The number of piperazine rings is 1. The minimum absolute atomic E-state index is 0.00683. The third-order valence-electron chi connectivity index (χ3n) is 7.57. The van der Waals surface area contributed by atoms with Crippen LogP contribution < -0.4 is 5.32 Å². The molecule has 1 saturated heterocycles. The van der Waals surface area contributed by atoms with Gasteiger partial charge in [-0.25, -0.2) is 4.79 Å². The Balaban J connectivity index is 1.40. The maximum absolute atomic E-state index is 13.7. The number of benzene rings is 2. The zero-order valence-corrected chi connectivity index (χ0v) is 24.6. The second-order valence-electron chi connectivity index (χ2n) is 11.8. The van der Waals surface area contributed by atoms with E-state index in [1.54, 1.807) is 11.8 Å². The molecular weight excluding hydrogens is 506 g/mol. The first-order valence-electron chi connectivity index (χ1n) is 14.5. The molecule has 1 unspecified atom stereocenters. The number of nitrogens with one attached hydrogen (secondary N) is 1. The molecule has 1 heterocycles. The summed E-state index contributed by atoms with van der Waals surface area (Å²) >= 11 is 1.79. The summed E-state index contributed by atoms with van der Waals surface area (Å²) in [6.45, 7) is 8.34. The van der Waals surface area contributed by atoms with Gasteiger partial charge < -0.3 is 15.0 Å². The van der Waals surface area contributed by atoms with E-state index in [0.29, 0.717) is 18.8 Å². The number of carbonyl (C=O) groups excluding carboxylic acids is 2. The van der Waals surface area contributed by atoms with Gasteiger partial charge in [-0.15, -0.1) is 0 Å². The van der Waals surface area contributed by atoms with Crippen molar-refractivity contribution in [1.82, 2.24) is 15.1 Å². The van der Waals surface area contributed by atoms with Crippen LogP contribution in [0.2, 0.25) is 0 Å². The molecule has 7 heteroatoms. The van der Waals surface area contributed by atoms with E-state index >= 15 is 0 Å². The Bertz CT molecular complexity index is 990. The van der Waals surface area contributed by atoms with Crippen LogP contribution in [-0.4, -0.2) is 71.1 Å². The Morgan fingerprint density at radius 2 is 1.46 bits per heavy atom. The third kappa shape index (κ3) is 9.00. The van der Waals surface area contributed by atoms with Crippen molar-refractivity contribution < 1.29 is 14.3 Å². The molecule has 1 atom stereocenters. The fourth-order valence-electron chi connectivity index (χ4n) is 5.64. The van der Waals surface area contributed by atoms with Crippen LogP contribution in [0.4, 0.5) is 4.79 Å². The number of thioether (sulfide) groups is 1. The van der Waals surface area contributed by atoms with Gasteiger partial charge in [0, 0.05) is 31.9 Å². The van der Waals surface area contributed by atoms with Gasteiger partial charge in [0.25, 0.3) is 0 Å². The Morgan fingerprint density at radius 3 is 2.00 bits per heavy atom. The van der Waals surface area contributed by atoms with Crippen molar-refractivity contribution in [2.75, 3.05) is 37.7 Å². The Morgan fingerprint density at radius 1 is 0.897 bits per heavy atom. The number of hydrogen-bond acceptors (Lipinski definition) is 5. The summed E-state index contributed by atoms with van der Waals surface area (Å²) < 4.78 is 5.51. The van der Waals surface area contributed by atoms with Gasteiger partial charge in [0.15, 0.2) is 0 Å². The number of rotatable bonds is 9. The predicted octanol–water partition coefficient (Wildman–Crippen LogP) is 6.13. The molecule has 2 aliphatic rings. The predicted molar refractivity (Wildman–Crippen MR) is 160 cm³/mol. The average molecular weight is 552 g/mol. The van der Waals surface area contributed by atoms with Crippen LogP contribution in [0.1, 0.15) is 70.0 Å². The fraction of sp³-hybridized carbons (Fsp3) is 0.562. The zero-order chi connectivity index (χ0) is 27.7. The highest BCUT2D eigenvalue weighted by atomic mass is 32.2. The van der Waals surface area contributed by atoms with Gasteiger partial charge in [-0.05, 0) is 56.4 Å². The summed E-state index contributed by atoms with van der Waals surface area (Å²) in [4.78, 5) is 30.8. The van der Waals surface area contributed by atoms with Gasteiger partial charge >= 0.3 is 6.09 Å². The van der Waals surface area contributed by atoms with E-state index in [9.17, 15) is 9.59 Å². The smallest absolute Gasteiger partial charge is 0.408 e. The summed E-state index contributed by atoms with van der Waals surface area (Å²) in [5.74, 6) is 2.33. The number of ether oxygens (including phenoxy) is 1. The molecule has 1 aliphatic heterocycles. The maximum atomic E-state index is 13.7. The monoisotopic (exact) mass is 551 g/mol. The summed E-state index contributed by atoms with van der Waals surface area (Å²) in [5.41, 5.74) is 1.90. The highest BCUT2D eigenvalue weighted by Crippen LogP contribution is 2.30. The summed E-state index contributed by atoms with van der Waals surface area (Å²) in [6, 6.07) is 20.7. The minimum atomic E-state index is -0.609. The first kappa shape index (κ1) is 29.5. The molecule has 0 bridgehead atoms. The molecule has 0 radical (unpaired) electrons. The second-order valence-corrected chi connectivity index (χ2v) is 12.9. The highest BCUT2D eigenvalue weighted by molar-refractivity contribution is 7.99. The average Bonchev–Trinajstić information content (AvgIpc) is 2.93. The Labute approximate surface area is 238 Å². The van der Waals surface area contributed by atoms with E-state index in [1.807, 2.05) is 37.8 Å². The molecule has 1 aliphatic carbocycles. The molecule has 2 amide bonds. The maximum Gasteiger partial charge on any atom is 0.408 e. The second kappa shape index (κ2) is 14.2. The van der Waals surface area contributed by atoms with E-state index in [4.69, 9.17) is 4.74 Å². The first-order chi connectivity index (χ1) is 18.8. The number of alkyl carbamates (subject to hydrolysis) is 1. The van der Waals surface area contributed by atoms with Crippen molar-refractivity contribution >= 4 is 23.8 Å². The lowest BCUT2D eigenvalue weighted by Gasteiger charge is -2.40. The SMILES string of the molecule is CC(C)(C)OC(=O)NC(CSCC1CCCCC1)C(=O)N1CCN(C(c2ccccc2)c2ccccc2)CC1.